The summed E-state index contributed by atoms with van der Waals surface area (Å²) in [5.41, 5.74) is 8.66. The number of fused-ring (bicyclic) bond motifs is 1. The third-order valence-electron chi connectivity index (χ3n) is 5.74. The minimum atomic E-state index is 0.653. The molecule has 0 radical (unpaired) electrons. The van der Waals surface area contributed by atoms with Crippen LogP contribution in [0.1, 0.15) is 48.7 Å². The van der Waals surface area contributed by atoms with Gasteiger partial charge in [0.15, 0.2) is 0 Å². The van der Waals surface area contributed by atoms with E-state index in [1.54, 1.807) is 29.5 Å². The van der Waals surface area contributed by atoms with Crippen LogP contribution in [0, 0.1) is 20.8 Å². The van der Waals surface area contributed by atoms with Gasteiger partial charge < -0.3 is 15.0 Å². The maximum Gasteiger partial charge on any atom is 0.211 e. The van der Waals surface area contributed by atoms with Gasteiger partial charge in [0, 0.05) is 25.0 Å². The quantitative estimate of drug-likeness (QED) is 0.345. The minimum absolute atomic E-state index is 0.653. The number of hydrogen-bond donors (Lipinski definition) is 1. The first-order valence-electron chi connectivity index (χ1n) is 11.8. The molecule has 0 saturated carbocycles. The molecule has 3 rings (SSSR count). The summed E-state index contributed by atoms with van der Waals surface area (Å²) in [6.07, 6.45) is 10.3. The fourth-order valence-corrected chi connectivity index (χ4v) is 3.64. The van der Waals surface area contributed by atoms with Crippen molar-refractivity contribution in [2.75, 3.05) is 20.1 Å². The zero-order valence-electron chi connectivity index (χ0n) is 21.7. The molecule has 0 spiro atoms. The van der Waals surface area contributed by atoms with Gasteiger partial charge in [-0.1, -0.05) is 17.7 Å². The van der Waals surface area contributed by atoms with Crippen LogP contribution >= 0.6 is 0 Å². The number of carbonyl (C=O) groups excluding carboxylic acids is 1. The summed E-state index contributed by atoms with van der Waals surface area (Å²) in [4.78, 5) is 17.1. The third-order valence-corrected chi connectivity index (χ3v) is 5.74. The summed E-state index contributed by atoms with van der Waals surface area (Å²) in [6.45, 7) is 14.5. The standard InChI is InChI=1S/C16H20N2O2.C13H19N/c1-12(2)10-15(18-11-19)8-7-13(3)20-16-6-5-9-17-14(16)4;1-10-8-12-4-6-14(3)7-5-13(12)9-11(10)2/h5-11H,1-4H3,(H,18,19);8-9H,4-7H2,1-3H3/b13-7+,15-8+;. The van der Waals surface area contributed by atoms with E-state index in [4.69, 9.17) is 4.74 Å². The lowest BCUT2D eigenvalue weighted by atomic mass is 9.97. The number of rotatable bonds is 6. The molecule has 0 aliphatic carbocycles. The fraction of sp³-hybridized carbons (Fsp3) is 0.379. The molecule has 0 saturated heterocycles. The SMILES string of the molecule is CC(C)=C/C(=C\C=C(/C)Oc1cccnc1C)NC=O.Cc1cc2c(cc1C)CCN(C)CC2. The highest BCUT2D eigenvalue weighted by molar-refractivity contribution is 5.52. The number of carbonyl (C=O) groups is 1. The number of nitrogens with zero attached hydrogens (tertiary/aromatic N) is 2. The first kappa shape index (κ1) is 27.1. The number of nitrogens with one attached hydrogen (secondary N) is 1. The van der Waals surface area contributed by atoms with Gasteiger partial charge in [-0.15, -0.1) is 0 Å². The normalized spacial score (nSPS) is 14.2. The van der Waals surface area contributed by atoms with E-state index in [0.717, 1.165) is 17.0 Å². The molecule has 0 bridgehead atoms. The molecule has 1 amide bonds. The summed E-state index contributed by atoms with van der Waals surface area (Å²) in [7, 11) is 2.21. The number of ether oxygens (including phenoxy) is 1. The number of benzene rings is 1. The van der Waals surface area contributed by atoms with Crippen molar-refractivity contribution in [2.24, 2.45) is 0 Å². The highest BCUT2D eigenvalue weighted by Crippen LogP contribution is 2.20. The van der Waals surface area contributed by atoms with E-state index in [1.165, 1.54) is 37.1 Å². The lowest BCUT2D eigenvalue weighted by Crippen LogP contribution is -2.20. The summed E-state index contributed by atoms with van der Waals surface area (Å²) >= 11 is 0. The molecule has 34 heavy (non-hydrogen) atoms. The van der Waals surface area contributed by atoms with Crippen molar-refractivity contribution < 1.29 is 9.53 Å². The lowest BCUT2D eigenvalue weighted by Gasteiger charge is -2.10. The van der Waals surface area contributed by atoms with Crippen molar-refractivity contribution in [3.63, 3.8) is 0 Å². The van der Waals surface area contributed by atoms with Crippen LogP contribution in [0.15, 0.2) is 65.7 Å². The first-order valence-corrected chi connectivity index (χ1v) is 11.8. The molecule has 1 aromatic heterocycles. The zero-order valence-corrected chi connectivity index (χ0v) is 21.7. The van der Waals surface area contributed by atoms with Crippen molar-refractivity contribution in [1.29, 1.82) is 0 Å². The van der Waals surface area contributed by atoms with Gasteiger partial charge in [-0.05, 0) is 114 Å². The summed E-state index contributed by atoms with van der Waals surface area (Å²) in [6, 6.07) is 8.45. The van der Waals surface area contributed by atoms with E-state index in [1.807, 2.05) is 45.9 Å². The Morgan fingerprint density at radius 3 is 2.18 bits per heavy atom. The molecular weight excluding hydrogens is 422 g/mol. The van der Waals surface area contributed by atoms with Gasteiger partial charge in [0.1, 0.15) is 11.5 Å². The van der Waals surface area contributed by atoms with Crippen molar-refractivity contribution in [3.8, 4) is 5.75 Å². The van der Waals surface area contributed by atoms with Crippen LogP contribution in [0.25, 0.3) is 0 Å². The number of pyridine rings is 1. The van der Waals surface area contributed by atoms with Crippen molar-refractivity contribution in [3.05, 3.63) is 93.7 Å². The van der Waals surface area contributed by atoms with Gasteiger partial charge >= 0.3 is 0 Å². The zero-order chi connectivity index (χ0) is 25.1. The highest BCUT2D eigenvalue weighted by Gasteiger charge is 2.11. The van der Waals surface area contributed by atoms with E-state index in [2.05, 4.69) is 48.2 Å². The van der Waals surface area contributed by atoms with Crippen LogP contribution in [0.3, 0.4) is 0 Å². The average molecular weight is 462 g/mol. The Balaban J connectivity index is 0.000000254. The van der Waals surface area contributed by atoms with Crippen LogP contribution in [0.4, 0.5) is 0 Å². The predicted octanol–water partition coefficient (Wildman–Crippen LogP) is 5.60. The summed E-state index contributed by atoms with van der Waals surface area (Å²) in [5, 5.41) is 2.64. The van der Waals surface area contributed by atoms with E-state index < -0.39 is 0 Å². The van der Waals surface area contributed by atoms with Crippen molar-refractivity contribution >= 4 is 6.41 Å². The monoisotopic (exact) mass is 461 g/mol. The Kier molecular flexibility index (Phi) is 10.8. The van der Waals surface area contributed by atoms with Crippen LogP contribution < -0.4 is 10.1 Å². The number of amides is 1. The molecule has 0 fully saturated rings. The van der Waals surface area contributed by atoms with Gasteiger partial charge in [0.25, 0.3) is 0 Å². The van der Waals surface area contributed by atoms with Gasteiger partial charge in [-0.2, -0.15) is 0 Å². The van der Waals surface area contributed by atoms with Crippen LogP contribution in [0.2, 0.25) is 0 Å². The predicted molar refractivity (Wildman–Crippen MR) is 141 cm³/mol. The van der Waals surface area contributed by atoms with Gasteiger partial charge in [0.05, 0.1) is 5.69 Å². The van der Waals surface area contributed by atoms with Crippen LogP contribution in [0.5, 0.6) is 5.75 Å². The smallest absolute Gasteiger partial charge is 0.211 e. The summed E-state index contributed by atoms with van der Waals surface area (Å²) in [5.74, 6) is 1.44. The molecule has 5 nitrogen and oxygen atoms in total. The third kappa shape index (κ3) is 8.99. The number of aryl methyl sites for hydroxylation is 3. The van der Waals surface area contributed by atoms with Gasteiger partial charge in [-0.25, -0.2) is 0 Å². The Hall–Kier alpha value is -3.18. The molecule has 2 aromatic rings. The molecule has 1 aliphatic heterocycles. The number of aromatic nitrogens is 1. The molecule has 5 heteroatoms. The Morgan fingerprint density at radius 1 is 1.03 bits per heavy atom. The van der Waals surface area contributed by atoms with Crippen molar-refractivity contribution in [2.45, 2.75) is 54.4 Å². The van der Waals surface area contributed by atoms with E-state index >= 15 is 0 Å². The molecule has 1 N–H and O–H groups in total. The molecule has 1 aromatic carbocycles. The summed E-state index contributed by atoms with van der Waals surface area (Å²) < 4.78 is 5.70. The number of likely N-dealkylation sites (N-methyl/N-ethyl adjacent to an activating group) is 1. The Morgan fingerprint density at radius 2 is 1.65 bits per heavy atom. The second kappa shape index (κ2) is 13.5. The largest absolute Gasteiger partial charge is 0.460 e. The van der Waals surface area contributed by atoms with Gasteiger partial charge in [0.2, 0.25) is 6.41 Å². The van der Waals surface area contributed by atoms with Gasteiger partial charge in [-0.3, -0.25) is 9.78 Å². The average Bonchev–Trinajstić information content (AvgIpc) is 2.96. The molecule has 0 unspecified atom stereocenters. The first-order chi connectivity index (χ1) is 16.2. The fourth-order valence-electron chi connectivity index (χ4n) is 3.64. The Bertz CT molecular complexity index is 1030. The maximum atomic E-state index is 10.5. The second-order valence-electron chi connectivity index (χ2n) is 9.08. The molecule has 182 valence electrons. The lowest BCUT2D eigenvalue weighted by molar-refractivity contribution is -0.108. The second-order valence-corrected chi connectivity index (χ2v) is 9.08. The molecular formula is C29H39N3O2. The number of allylic oxidation sites excluding steroid dienone is 5. The van der Waals surface area contributed by atoms with E-state index in [-0.39, 0.29) is 0 Å². The highest BCUT2D eigenvalue weighted by atomic mass is 16.5. The topological polar surface area (TPSA) is 54.5 Å². The van der Waals surface area contributed by atoms with Crippen LogP contribution in [-0.2, 0) is 17.6 Å². The van der Waals surface area contributed by atoms with Crippen molar-refractivity contribution in [1.82, 2.24) is 15.2 Å². The van der Waals surface area contributed by atoms with E-state index in [0.29, 0.717) is 17.9 Å². The Labute approximate surface area is 205 Å². The maximum absolute atomic E-state index is 10.5. The van der Waals surface area contributed by atoms with E-state index in [9.17, 15) is 4.79 Å². The number of hydrogen-bond acceptors (Lipinski definition) is 4. The minimum Gasteiger partial charge on any atom is -0.460 e. The molecule has 2 heterocycles. The van der Waals surface area contributed by atoms with Crippen LogP contribution in [-0.4, -0.2) is 36.4 Å². The molecule has 1 aliphatic rings. The molecule has 0 atom stereocenters.